The number of halogens is 1. The molecule has 1 aromatic carbocycles. The molecule has 0 unspecified atom stereocenters. The molecule has 0 aliphatic carbocycles. The molecule has 0 amide bonds. The van der Waals surface area contributed by atoms with Crippen molar-refractivity contribution in [2.24, 2.45) is 0 Å². The number of nitrogens with zero attached hydrogens (tertiary/aromatic N) is 1. The van der Waals surface area contributed by atoms with Crippen molar-refractivity contribution >= 4 is 17.7 Å². The second-order valence-corrected chi connectivity index (χ2v) is 5.44. The third-order valence-corrected chi connectivity index (χ3v) is 3.11. The topological polar surface area (TPSA) is 49.8 Å². The van der Waals surface area contributed by atoms with Crippen molar-refractivity contribution in [1.82, 2.24) is 0 Å². The van der Waals surface area contributed by atoms with E-state index in [0.717, 1.165) is 11.8 Å². The van der Waals surface area contributed by atoms with E-state index in [9.17, 15) is 9.18 Å². The largest absolute Gasteiger partial charge is 0.478 e. The number of carboxylic acid groups (broad SMARTS) is 1. The summed E-state index contributed by atoms with van der Waals surface area (Å²) in [5, 5.41) is 8.62. The number of ether oxygens (including phenoxy) is 1. The standard InChI is InChI=1S/C15H18FNO3/c1-15(2)10-17(5-6-20-15)13-8-11(3-4-14(18)19)7-12(16)9-13/h3-4,7-9H,5-6,10H2,1-2H3,(H,18,19)/b4-3+. The number of aliphatic carboxylic acids is 1. The van der Waals surface area contributed by atoms with Crippen LogP contribution in [0.5, 0.6) is 0 Å². The Morgan fingerprint density at radius 3 is 2.85 bits per heavy atom. The fourth-order valence-electron chi connectivity index (χ4n) is 2.28. The number of morpholine rings is 1. The maximum atomic E-state index is 13.7. The molecule has 5 heteroatoms. The van der Waals surface area contributed by atoms with E-state index in [1.807, 2.05) is 18.7 Å². The predicted molar refractivity (Wildman–Crippen MR) is 75.3 cm³/mol. The third kappa shape index (κ3) is 3.81. The van der Waals surface area contributed by atoms with Crippen LogP contribution in [0.2, 0.25) is 0 Å². The van der Waals surface area contributed by atoms with Crippen molar-refractivity contribution in [3.8, 4) is 0 Å². The first kappa shape index (κ1) is 14.5. The monoisotopic (exact) mass is 279 g/mol. The van der Waals surface area contributed by atoms with Crippen molar-refractivity contribution in [3.05, 3.63) is 35.7 Å². The van der Waals surface area contributed by atoms with Gasteiger partial charge in [-0.05, 0) is 43.7 Å². The number of hydrogen-bond donors (Lipinski definition) is 1. The summed E-state index contributed by atoms with van der Waals surface area (Å²) in [4.78, 5) is 12.6. The van der Waals surface area contributed by atoms with Crippen LogP contribution in [-0.2, 0) is 9.53 Å². The van der Waals surface area contributed by atoms with Gasteiger partial charge in [-0.15, -0.1) is 0 Å². The Labute approximate surface area is 117 Å². The highest BCUT2D eigenvalue weighted by Crippen LogP contribution is 2.25. The van der Waals surface area contributed by atoms with Crippen LogP contribution >= 0.6 is 0 Å². The number of anilines is 1. The molecule has 4 nitrogen and oxygen atoms in total. The van der Waals surface area contributed by atoms with Gasteiger partial charge in [0, 0.05) is 24.9 Å². The second-order valence-electron chi connectivity index (χ2n) is 5.44. The number of rotatable bonds is 3. The predicted octanol–water partition coefficient (Wildman–Crippen LogP) is 2.54. The average molecular weight is 279 g/mol. The fraction of sp³-hybridized carbons (Fsp3) is 0.400. The van der Waals surface area contributed by atoms with E-state index in [2.05, 4.69) is 0 Å². The van der Waals surface area contributed by atoms with Gasteiger partial charge in [0.15, 0.2) is 0 Å². The Kier molecular flexibility index (Phi) is 4.09. The minimum atomic E-state index is -1.05. The molecule has 20 heavy (non-hydrogen) atoms. The van der Waals surface area contributed by atoms with Gasteiger partial charge < -0.3 is 14.7 Å². The van der Waals surface area contributed by atoms with Crippen LogP contribution < -0.4 is 4.90 Å². The van der Waals surface area contributed by atoms with E-state index in [4.69, 9.17) is 9.84 Å². The normalized spacial score (nSPS) is 18.4. The lowest BCUT2D eigenvalue weighted by molar-refractivity contribution is -0.131. The van der Waals surface area contributed by atoms with E-state index in [1.165, 1.54) is 18.2 Å². The fourth-order valence-corrected chi connectivity index (χ4v) is 2.28. The van der Waals surface area contributed by atoms with Crippen LogP contribution in [0.15, 0.2) is 24.3 Å². The molecule has 1 heterocycles. The number of hydrogen-bond acceptors (Lipinski definition) is 3. The zero-order valence-corrected chi connectivity index (χ0v) is 11.6. The highest BCUT2D eigenvalue weighted by atomic mass is 19.1. The minimum Gasteiger partial charge on any atom is -0.478 e. The van der Waals surface area contributed by atoms with Crippen LogP contribution in [0.25, 0.3) is 6.08 Å². The van der Waals surface area contributed by atoms with E-state index in [-0.39, 0.29) is 11.4 Å². The Morgan fingerprint density at radius 1 is 1.45 bits per heavy atom. The molecule has 0 bridgehead atoms. The van der Waals surface area contributed by atoms with Crippen LogP contribution in [-0.4, -0.2) is 36.4 Å². The van der Waals surface area contributed by atoms with E-state index in [0.29, 0.717) is 25.3 Å². The molecule has 1 fully saturated rings. The van der Waals surface area contributed by atoms with Crippen LogP contribution in [0, 0.1) is 5.82 Å². The van der Waals surface area contributed by atoms with Gasteiger partial charge in [-0.25, -0.2) is 9.18 Å². The minimum absolute atomic E-state index is 0.276. The van der Waals surface area contributed by atoms with Crippen LogP contribution in [0.4, 0.5) is 10.1 Å². The maximum absolute atomic E-state index is 13.7. The first-order chi connectivity index (χ1) is 9.35. The Morgan fingerprint density at radius 2 is 2.20 bits per heavy atom. The van der Waals surface area contributed by atoms with Crippen molar-refractivity contribution in [1.29, 1.82) is 0 Å². The molecule has 0 saturated carbocycles. The Bertz CT molecular complexity index is 540. The van der Waals surface area contributed by atoms with Gasteiger partial charge in [0.05, 0.1) is 12.2 Å². The van der Waals surface area contributed by atoms with Crippen molar-refractivity contribution in [2.45, 2.75) is 19.4 Å². The van der Waals surface area contributed by atoms with Gasteiger partial charge >= 0.3 is 5.97 Å². The molecule has 1 saturated heterocycles. The molecule has 1 aromatic rings. The SMILES string of the molecule is CC1(C)CN(c2cc(F)cc(/C=C/C(=O)O)c2)CCO1. The highest BCUT2D eigenvalue weighted by molar-refractivity contribution is 5.85. The van der Waals surface area contributed by atoms with Gasteiger partial charge in [-0.3, -0.25) is 0 Å². The molecule has 0 aromatic heterocycles. The molecule has 2 rings (SSSR count). The summed E-state index contributed by atoms with van der Waals surface area (Å²) in [6, 6.07) is 4.55. The lowest BCUT2D eigenvalue weighted by Crippen LogP contribution is -2.48. The second kappa shape index (κ2) is 5.63. The molecule has 0 radical (unpaired) electrons. The van der Waals surface area contributed by atoms with Crippen LogP contribution in [0.1, 0.15) is 19.4 Å². The molecule has 1 aliphatic rings. The molecular formula is C15H18FNO3. The maximum Gasteiger partial charge on any atom is 0.328 e. The smallest absolute Gasteiger partial charge is 0.328 e. The van der Waals surface area contributed by atoms with Gasteiger partial charge in [0.2, 0.25) is 0 Å². The Balaban J connectivity index is 2.25. The molecule has 1 N–H and O–H groups in total. The summed E-state index contributed by atoms with van der Waals surface area (Å²) in [6.07, 6.45) is 2.39. The molecule has 108 valence electrons. The number of benzene rings is 1. The lowest BCUT2D eigenvalue weighted by atomic mass is 10.1. The third-order valence-electron chi connectivity index (χ3n) is 3.11. The molecule has 0 spiro atoms. The molecule has 1 aliphatic heterocycles. The number of carboxylic acids is 1. The summed E-state index contributed by atoms with van der Waals surface area (Å²) < 4.78 is 19.3. The summed E-state index contributed by atoms with van der Waals surface area (Å²) in [6.45, 7) is 5.92. The quantitative estimate of drug-likeness (QED) is 0.864. The van der Waals surface area contributed by atoms with Crippen LogP contribution in [0.3, 0.4) is 0 Å². The molecular weight excluding hydrogens is 261 g/mol. The summed E-state index contributed by atoms with van der Waals surface area (Å²) in [5.74, 6) is -1.43. The molecule has 0 atom stereocenters. The van der Waals surface area contributed by atoms with Gasteiger partial charge in [-0.1, -0.05) is 0 Å². The van der Waals surface area contributed by atoms with Gasteiger partial charge in [0.25, 0.3) is 0 Å². The number of carbonyl (C=O) groups is 1. The zero-order chi connectivity index (χ0) is 14.8. The van der Waals surface area contributed by atoms with Crippen molar-refractivity contribution < 1.29 is 19.0 Å². The highest BCUT2D eigenvalue weighted by Gasteiger charge is 2.27. The van der Waals surface area contributed by atoms with Gasteiger partial charge in [-0.2, -0.15) is 0 Å². The summed E-state index contributed by atoms with van der Waals surface area (Å²) in [7, 11) is 0. The van der Waals surface area contributed by atoms with E-state index in [1.54, 1.807) is 6.07 Å². The van der Waals surface area contributed by atoms with Crippen molar-refractivity contribution in [3.63, 3.8) is 0 Å². The first-order valence-electron chi connectivity index (χ1n) is 6.46. The summed E-state index contributed by atoms with van der Waals surface area (Å²) >= 11 is 0. The van der Waals surface area contributed by atoms with E-state index < -0.39 is 5.97 Å². The van der Waals surface area contributed by atoms with Gasteiger partial charge in [0.1, 0.15) is 5.82 Å². The van der Waals surface area contributed by atoms with Crippen molar-refractivity contribution in [2.75, 3.05) is 24.6 Å². The van der Waals surface area contributed by atoms with E-state index >= 15 is 0 Å². The Hall–Kier alpha value is -1.88. The first-order valence-corrected chi connectivity index (χ1v) is 6.46. The summed E-state index contributed by atoms with van der Waals surface area (Å²) in [5.41, 5.74) is 1.000. The average Bonchev–Trinajstić information content (AvgIpc) is 2.34. The lowest BCUT2D eigenvalue weighted by Gasteiger charge is -2.39. The zero-order valence-electron chi connectivity index (χ0n) is 11.6.